The molecule has 9 heteroatoms. The van der Waals surface area contributed by atoms with Gasteiger partial charge in [-0.2, -0.15) is 13.2 Å². The van der Waals surface area contributed by atoms with Crippen LogP contribution >= 0.6 is 15.9 Å². The van der Waals surface area contributed by atoms with E-state index in [1.54, 1.807) is 6.92 Å². The fourth-order valence-corrected chi connectivity index (χ4v) is 2.87. The Labute approximate surface area is 143 Å². The molecule has 0 spiro atoms. The Morgan fingerprint density at radius 2 is 2.13 bits per heavy atom. The molecule has 1 aromatic carbocycles. The number of carbonyl (C=O) groups excluding carboxylic acids is 1. The third-order valence-corrected chi connectivity index (χ3v) is 4.58. The number of anilines is 1. The molecule has 0 aliphatic rings. The molecule has 0 amide bonds. The van der Waals surface area contributed by atoms with Gasteiger partial charge in [-0.1, -0.05) is 15.9 Å². The Morgan fingerprint density at radius 1 is 1.48 bits per heavy atom. The SMILES string of the molecule is CC[S+]([O-])c1cc(N/C=C\C(=N)C(F)(F)F)ccc1C(=O)CBr. The smallest absolute Gasteiger partial charge is 0.432 e. The maximum absolute atomic E-state index is 12.2. The number of allylic oxidation sites excluding steroid dienone is 1. The number of Topliss-reactive ketones (excluding diaryl/α,β-unsaturated/α-hetero) is 1. The molecule has 1 rings (SSSR count). The van der Waals surface area contributed by atoms with Crippen LogP contribution in [0.1, 0.15) is 17.3 Å². The van der Waals surface area contributed by atoms with E-state index in [9.17, 15) is 22.5 Å². The molecule has 0 bridgehead atoms. The van der Waals surface area contributed by atoms with Crippen LogP contribution in [-0.4, -0.2) is 33.3 Å². The molecule has 4 nitrogen and oxygen atoms in total. The number of hydrogen-bond donors (Lipinski definition) is 2. The predicted molar refractivity (Wildman–Crippen MR) is 88.1 cm³/mol. The van der Waals surface area contributed by atoms with Crippen molar-refractivity contribution in [3.8, 4) is 0 Å². The van der Waals surface area contributed by atoms with Crippen LogP contribution in [0.4, 0.5) is 18.9 Å². The fourth-order valence-electron chi connectivity index (χ4n) is 1.57. The van der Waals surface area contributed by atoms with Crippen LogP contribution in [0.5, 0.6) is 0 Å². The summed E-state index contributed by atoms with van der Waals surface area (Å²) in [6.45, 7) is 1.70. The highest BCUT2D eigenvalue weighted by molar-refractivity contribution is 9.09. The number of nitrogens with one attached hydrogen (secondary N) is 2. The van der Waals surface area contributed by atoms with E-state index in [0.29, 0.717) is 28.0 Å². The maximum atomic E-state index is 12.2. The first-order valence-corrected chi connectivity index (χ1v) is 8.85. The van der Waals surface area contributed by atoms with Gasteiger partial charge in [0.2, 0.25) is 0 Å². The van der Waals surface area contributed by atoms with Crippen LogP contribution in [0.3, 0.4) is 0 Å². The second-order valence-electron chi connectivity index (χ2n) is 4.29. The van der Waals surface area contributed by atoms with Gasteiger partial charge in [0.05, 0.1) is 10.9 Å². The van der Waals surface area contributed by atoms with E-state index in [0.717, 1.165) is 6.20 Å². The van der Waals surface area contributed by atoms with Crippen molar-refractivity contribution in [2.45, 2.75) is 18.0 Å². The minimum absolute atomic E-state index is 0.0797. The molecule has 0 radical (unpaired) electrons. The van der Waals surface area contributed by atoms with Gasteiger partial charge < -0.3 is 9.87 Å². The van der Waals surface area contributed by atoms with Gasteiger partial charge in [-0.25, -0.2) is 0 Å². The van der Waals surface area contributed by atoms with Crippen molar-refractivity contribution in [3.05, 3.63) is 36.0 Å². The Bertz CT molecular complexity index is 621. The molecule has 0 fully saturated rings. The lowest BCUT2D eigenvalue weighted by molar-refractivity contribution is -0.0584. The van der Waals surface area contributed by atoms with E-state index in [2.05, 4.69) is 21.2 Å². The number of ketones is 1. The Hall–Kier alpha value is -1.32. The second-order valence-corrected chi connectivity index (χ2v) is 6.56. The van der Waals surface area contributed by atoms with Gasteiger partial charge in [0.1, 0.15) is 11.5 Å². The summed E-state index contributed by atoms with van der Waals surface area (Å²) < 4.78 is 48.6. The highest BCUT2D eigenvalue weighted by Gasteiger charge is 2.32. The van der Waals surface area contributed by atoms with Crippen LogP contribution in [0.25, 0.3) is 0 Å². The molecule has 0 saturated carbocycles. The number of halogens is 4. The van der Waals surface area contributed by atoms with Crippen LogP contribution < -0.4 is 5.32 Å². The Kier molecular flexibility index (Phi) is 7.30. The number of alkyl halides is 4. The van der Waals surface area contributed by atoms with Gasteiger partial charge in [-0.3, -0.25) is 10.2 Å². The average molecular weight is 411 g/mol. The lowest BCUT2D eigenvalue weighted by Gasteiger charge is -2.13. The summed E-state index contributed by atoms with van der Waals surface area (Å²) in [5.74, 6) is 0.0726. The Morgan fingerprint density at radius 3 is 2.65 bits per heavy atom. The van der Waals surface area contributed by atoms with Crippen molar-refractivity contribution in [2.24, 2.45) is 0 Å². The molecule has 1 atom stereocenters. The standard InChI is InChI=1S/C14H14BrF3N2O2S/c1-2-23(22)12-7-9(3-4-10(12)11(21)8-15)20-6-5-13(19)14(16,17)18/h3-7,19-20H,2,8H2,1H3/b6-5-,19-13?. The molecule has 0 saturated heterocycles. The molecule has 126 valence electrons. The van der Waals surface area contributed by atoms with Crippen molar-refractivity contribution < 1.29 is 22.5 Å². The molecule has 0 aromatic heterocycles. The number of rotatable bonds is 7. The lowest BCUT2D eigenvalue weighted by atomic mass is 10.1. The monoisotopic (exact) mass is 410 g/mol. The zero-order valence-corrected chi connectivity index (χ0v) is 14.4. The summed E-state index contributed by atoms with van der Waals surface area (Å²) in [6.07, 6.45) is -3.16. The molecule has 0 aliphatic heterocycles. The highest BCUT2D eigenvalue weighted by atomic mass is 79.9. The molecule has 2 N–H and O–H groups in total. The minimum Gasteiger partial charge on any atom is -0.611 e. The average Bonchev–Trinajstić information content (AvgIpc) is 2.52. The highest BCUT2D eigenvalue weighted by Crippen LogP contribution is 2.23. The van der Waals surface area contributed by atoms with E-state index in [1.807, 2.05) is 0 Å². The Balaban J connectivity index is 3.00. The minimum atomic E-state index is -4.71. The zero-order chi connectivity index (χ0) is 17.6. The fraction of sp³-hybridized carbons (Fsp3) is 0.286. The quantitative estimate of drug-likeness (QED) is 0.309. The van der Waals surface area contributed by atoms with Crippen LogP contribution in [-0.2, 0) is 11.2 Å². The van der Waals surface area contributed by atoms with E-state index in [1.165, 1.54) is 18.2 Å². The first kappa shape index (κ1) is 19.7. The van der Waals surface area contributed by atoms with E-state index >= 15 is 0 Å². The molecule has 0 heterocycles. The van der Waals surface area contributed by atoms with Crippen LogP contribution in [0.15, 0.2) is 35.4 Å². The van der Waals surface area contributed by atoms with Crippen molar-refractivity contribution in [1.82, 2.24) is 0 Å². The second kappa shape index (κ2) is 8.51. The van der Waals surface area contributed by atoms with E-state index in [4.69, 9.17) is 5.41 Å². The molecule has 1 unspecified atom stereocenters. The van der Waals surface area contributed by atoms with Crippen LogP contribution in [0.2, 0.25) is 0 Å². The van der Waals surface area contributed by atoms with Gasteiger partial charge in [0, 0.05) is 18.0 Å². The van der Waals surface area contributed by atoms with Crippen molar-refractivity contribution >= 4 is 44.3 Å². The first-order chi connectivity index (χ1) is 10.7. The molecule has 0 aliphatic carbocycles. The summed E-state index contributed by atoms with van der Waals surface area (Å²) in [6, 6.07) is 4.42. The topological polar surface area (TPSA) is 76.0 Å². The third kappa shape index (κ3) is 5.67. The van der Waals surface area contributed by atoms with Gasteiger partial charge in [-0.15, -0.1) is 0 Å². The normalized spacial score (nSPS) is 13.1. The lowest BCUT2D eigenvalue weighted by Crippen LogP contribution is -2.19. The van der Waals surface area contributed by atoms with Crippen molar-refractivity contribution in [1.29, 1.82) is 5.41 Å². The van der Waals surface area contributed by atoms with Crippen molar-refractivity contribution in [2.75, 3.05) is 16.4 Å². The van der Waals surface area contributed by atoms with E-state index in [-0.39, 0.29) is 11.1 Å². The zero-order valence-electron chi connectivity index (χ0n) is 12.0. The van der Waals surface area contributed by atoms with E-state index < -0.39 is 23.1 Å². The summed E-state index contributed by atoms with van der Waals surface area (Å²) in [4.78, 5) is 12.1. The van der Waals surface area contributed by atoms with Gasteiger partial charge in [-0.05, 0) is 36.3 Å². The summed E-state index contributed by atoms with van der Waals surface area (Å²) >= 11 is 1.66. The summed E-state index contributed by atoms with van der Waals surface area (Å²) in [7, 11) is 0. The number of benzene rings is 1. The number of hydrogen-bond acceptors (Lipinski definition) is 4. The van der Waals surface area contributed by atoms with Gasteiger partial charge in [0.15, 0.2) is 10.7 Å². The van der Waals surface area contributed by atoms with Crippen LogP contribution in [0, 0.1) is 5.41 Å². The van der Waals surface area contributed by atoms with Crippen molar-refractivity contribution in [3.63, 3.8) is 0 Å². The summed E-state index contributed by atoms with van der Waals surface area (Å²) in [5.41, 5.74) is -0.813. The molecular formula is C14H14BrF3N2O2S. The molecule has 23 heavy (non-hydrogen) atoms. The van der Waals surface area contributed by atoms with Gasteiger partial charge in [0.25, 0.3) is 0 Å². The third-order valence-electron chi connectivity index (χ3n) is 2.72. The maximum Gasteiger partial charge on any atom is 0.432 e. The first-order valence-electron chi connectivity index (χ1n) is 6.41. The van der Waals surface area contributed by atoms with Gasteiger partial charge >= 0.3 is 6.18 Å². The summed E-state index contributed by atoms with van der Waals surface area (Å²) in [5, 5.41) is 9.46. The largest absolute Gasteiger partial charge is 0.611 e. The predicted octanol–water partition coefficient (Wildman–Crippen LogP) is 3.90. The number of carbonyl (C=O) groups is 1. The molecular weight excluding hydrogens is 397 g/mol. The molecule has 1 aromatic rings.